The molecule has 0 saturated heterocycles. The summed E-state index contributed by atoms with van der Waals surface area (Å²) < 4.78 is 10.1. The molecule has 0 unspecified atom stereocenters. The Kier molecular flexibility index (Phi) is 6.27. The van der Waals surface area contributed by atoms with Gasteiger partial charge in [0.05, 0.1) is 25.9 Å². The molecule has 0 radical (unpaired) electrons. The van der Waals surface area contributed by atoms with E-state index in [1.54, 1.807) is 32.4 Å². The van der Waals surface area contributed by atoms with Gasteiger partial charge in [-0.15, -0.1) is 0 Å². The van der Waals surface area contributed by atoms with Gasteiger partial charge in [-0.2, -0.15) is 0 Å². The third kappa shape index (κ3) is 4.40. The molecule has 1 rings (SSSR count). The van der Waals surface area contributed by atoms with Crippen LogP contribution in [0, 0.1) is 0 Å². The number of guanidine groups is 1. The highest BCUT2D eigenvalue weighted by atomic mass is 35.5. The van der Waals surface area contributed by atoms with Gasteiger partial charge in [0.1, 0.15) is 5.75 Å². The van der Waals surface area contributed by atoms with Crippen LogP contribution in [0.25, 0.3) is 0 Å². The Morgan fingerprint density at radius 1 is 1.44 bits per heavy atom. The topological polar surface area (TPSA) is 80.9 Å². The summed E-state index contributed by atoms with van der Waals surface area (Å²) in [6.07, 6.45) is 0. The minimum atomic E-state index is 0.410. The minimum Gasteiger partial charge on any atom is -0.495 e. The Morgan fingerprint density at radius 3 is 2.83 bits per heavy atom. The average molecular weight is 273 g/mol. The Morgan fingerprint density at radius 2 is 2.22 bits per heavy atom. The van der Waals surface area contributed by atoms with Crippen LogP contribution in [0.2, 0.25) is 5.02 Å². The Labute approximate surface area is 111 Å². The van der Waals surface area contributed by atoms with Gasteiger partial charge in [0.25, 0.3) is 0 Å². The molecule has 0 fully saturated rings. The van der Waals surface area contributed by atoms with Crippen molar-refractivity contribution in [2.45, 2.75) is 0 Å². The van der Waals surface area contributed by atoms with Crippen LogP contribution >= 0.6 is 11.6 Å². The van der Waals surface area contributed by atoms with E-state index in [2.05, 4.69) is 15.7 Å². The molecule has 1 aromatic carbocycles. The van der Waals surface area contributed by atoms with Crippen LogP contribution in [0.5, 0.6) is 5.75 Å². The first-order valence-electron chi connectivity index (χ1n) is 5.31. The lowest BCUT2D eigenvalue weighted by Crippen LogP contribution is -2.36. The zero-order valence-corrected chi connectivity index (χ0v) is 11.1. The predicted octanol–water partition coefficient (Wildman–Crippen LogP) is 1.23. The van der Waals surface area contributed by atoms with E-state index in [0.717, 1.165) is 0 Å². The van der Waals surface area contributed by atoms with E-state index in [1.165, 1.54) is 0 Å². The summed E-state index contributed by atoms with van der Waals surface area (Å²) in [5.74, 6) is 6.43. The molecule has 100 valence electrons. The van der Waals surface area contributed by atoms with Crippen LogP contribution < -0.4 is 21.3 Å². The Hall–Kier alpha value is -1.50. The van der Waals surface area contributed by atoms with E-state index in [9.17, 15) is 0 Å². The molecule has 0 spiro atoms. The second-order valence-corrected chi connectivity index (χ2v) is 3.77. The van der Waals surface area contributed by atoms with Gasteiger partial charge in [-0.1, -0.05) is 11.6 Å². The number of ether oxygens (including phenoxy) is 2. The zero-order chi connectivity index (χ0) is 13.4. The number of rotatable bonds is 5. The van der Waals surface area contributed by atoms with Crippen molar-refractivity contribution in [3.05, 3.63) is 23.2 Å². The SMILES string of the molecule is COCCN=C(NN)Nc1cc(Cl)ccc1OC. The molecule has 4 N–H and O–H groups in total. The number of anilines is 1. The normalized spacial score (nSPS) is 11.2. The van der Waals surface area contributed by atoms with E-state index in [1.807, 2.05) is 0 Å². The van der Waals surface area contributed by atoms with Gasteiger partial charge in [0.2, 0.25) is 5.96 Å². The molecule has 0 aliphatic heterocycles. The highest BCUT2D eigenvalue weighted by molar-refractivity contribution is 6.31. The van der Waals surface area contributed by atoms with Crippen LogP contribution in [-0.2, 0) is 4.74 Å². The molecule has 0 saturated carbocycles. The van der Waals surface area contributed by atoms with Crippen molar-refractivity contribution in [2.75, 3.05) is 32.7 Å². The summed E-state index contributed by atoms with van der Waals surface area (Å²) in [7, 11) is 3.19. The van der Waals surface area contributed by atoms with Crippen LogP contribution in [0.15, 0.2) is 23.2 Å². The van der Waals surface area contributed by atoms with Gasteiger partial charge >= 0.3 is 0 Å². The Bertz CT molecular complexity index is 412. The zero-order valence-electron chi connectivity index (χ0n) is 10.4. The largest absolute Gasteiger partial charge is 0.495 e. The van der Waals surface area contributed by atoms with E-state index >= 15 is 0 Å². The second kappa shape index (κ2) is 7.75. The lowest BCUT2D eigenvalue weighted by Gasteiger charge is -2.13. The van der Waals surface area contributed by atoms with E-state index < -0.39 is 0 Å². The van der Waals surface area contributed by atoms with Crippen molar-refractivity contribution in [1.29, 1.82) is 0 Å². The van der Waals surface area contributed by atoms with Gasteiger partial charge in [-0.05, 0) is 18.2 Å². The fourth-order valence-electron chi connectivity index (χ4n) is 1.28. The molecule has 0 heterocycles. The molecular weight excluding hydrogens is 256 g/mol. The number of nitrogens with zero attached hydrogens (tertiary/aromatic N) is 1. The number of halogens is 1. The number of benzene rings is 1. The first-order valence-corrected chi connectivity index (χ1v) is 5.69. The fraction of sp³-hybridized carbons (Fsp3) is 0.364. The second-order valence-electron chi connectivity index (χ2n) is 3.34. The number of hydrogen-bond acceptors (Lipinski definition) is 4. The third-order valence-electron chi connectivity index (χ3n) is 2.12. The van der Waals surface area contributed by atoms with E-state index in [0.29, 0.717) is 35.6 Å². The highest BCUT2D eigenvalue weighted by Gasteiger charge is 2.05. The quantitative estimate of drug-likeness (QED) is 0.247. The molecule has 1 aromatic rings. The smallest absolute Gasteiger partial charge is 0.210 e. The molecule has 7 heteroatoms. The number of nitrogens with two attached hydrogens (primary N) is 1. The first-order chi connectivity index (χ1) is 8.71. The number of hydrazine groups is 1. The van der Waals surface area contributed by atoms with Crippen LogP contribution in [0.1, 0.15) is 0 Å². The van der Waals surface area contributed by atoms with Crippen molar-refractivity contribution < 1.29 is 9.47 Å². The van der Waals surface area contributed by atoms with Gasteiger partial charge in [-0.25, -0.2) is 10.8 Å². The average Bonchev–Trinajstić information content (AvgIpc) is 2.38. The molecule has 0 aromatic heterocycles. The van der Waals surface area contributed by atoms with Crippen molar-refractivity contribution >= 4 is 23.2 Å². The molecule has 6 nitrogen and oxygen atoms in total. The molecule has 0 amide bonds. The van der Waals surface area contributed by atoms with Crippen molar-refractivity contribution in [2.24, 2.45) is 10.8 Å². The lowest BCUT2D eigenvalue weighted by molar-refractivity contribution is 0.208. The van der Waals surface area contributed by atoms with Crippen LogP contribution in [-0.4, -0.2) is 33.3 Å². The standard InChI is InChI=1S/C11H17ClN4O2/c1-17-6-5-14-11(16-13)15-9-7-8(12)3-4-10(9)18-2/h3-4,7H,5-6,13H2,1-2H3,(H2,14,15,16). The lowest BCUT2D eigenvalue weighted by atomic mass is 10.3. The number of nitrogens with one attached hydrogen (secondary N) is 2. The first kappa shape index (κ1) is 14.6. The number of hydrogen-bond donors (Lipinski definition) is 3. The maximum Gasteiger partial charge on any atom is 0.210 e. The molecule has 18 heavy (non-hydrogen) atoms. The summed E-state index contributed by atoms with van der Waals surface area (Å²) in [6.45, 7) is 1.01. The fourth-order valence-corrected chi connectivity index (χ4v) is 1.45. The van der Waals surface area contributed by atoms with Crippen molar-refractivity contribution in [3.8, 4) is 5.75 Å². The molecule has 0 bridgehead atoms. The molecule has 0 atom stereocenters. The van der Waals surface area contributed by atoms with Crippen molar-refractivity contribution in [3.63, 3.8) is 0 Å². The maximum absolute atomic E-state index is 5.92. The summed E-state index contributed by atoms with van der Waals surface area (Å²) in [4.78, 5) is 4.18. The Balaban J connectivity index is 2.80. The minimum absolute atomic E-state index is 0.410. The van der Waals surface area contributed by atoms with Gasteiger partial charge in [0.15, 0.2) is 0 Å². The van der Waals surface area contributed by atoms with E-state index in [4.69, 9.17) is 26.9 Å². The molecular formula is C11H17ClN4O2. The van der Waals surface area contributed by atoms with E-state index in [-0.39, 0.29) is 0 Å². The molecule has 0 aliphatic rings. The van der Waals surface area contributed by atoms with Crippen LogP contribution in [0.4, 0.5) is 5.69 Å². The van der Waals surface area contributed by atoms with Gasteiger partial charge in [-0.3, -0.25) is 5.43 Å². The van der Waals surface area contributed by atoms with Crippen LogP contribution in [0.3, 0.4) is 0 Å². The van der Waals surface area contributed by atoms with Gasteiger partial charge < -0.3 is 14.8 Å². The maximum atomic E-state index is 5.92. The highest BCUT2D eigenvalue weighted by Crippen LogP contribution is 2.27. The summed E-state index contributed by atoms with van der Waals surface area (Å²) in [5.41, 5.74) is 3.14. The summed E-state index contributed by atoms with van der Waals surface area (Å²) >= 11 is 5.92. The van der Waals surface area contributed by atoms with Crippen molar-refractivity contribution in [1.82, 2.24) is 5.43 Å². The summed E-state index contributed by atoms with van der Waals surface area (Å²) in [6, 6.07) is 5.22. The monoisotopic (exact) mass is 272 g/mol. The predicted molar refractivity (Wildman–Crippen MR) is 73.1 cm³/mol. The third-order valence-corrected chi connectivity index (χ3v) is 2.35. The molecule has 0 aliphatic carbocycles. The van der Waals surface area contributed by atoms with Gasteiger partial charge in [0, 0.05) is 12.1 Å². The number of methoxy groups -OCH3 is 2. The number of aliphatic imine (C=N–C) groups is 1. The summed E-state index contributed by atoms with van der Waals surface area (Å²) in [5, 5.41) is 3.59.